The third-order valence-electron chi connectivity index (χ3n) is 2.67. The summed E-state index contributed by atoms with van der Waals surface area (Å²) in [6.07, 6.45) is 0. The van der Waals surface area contributed by atoms with Crippen LogP contribution in [0.3, 0.4) is 0 Å². The average Bonchev–Trinajstić information content (AvgIpc) is 2.77. The Hall–Kier alpha value is -1.97. The zero-order valence-corrected chi connectivity index (χ0v) is 11.0. The molecule has 4 nitrogen and oxygen atoms in total. The quantitative estimate of drug-likeness (QED) is 0.817. The van der Waals surface area contributed by atoms with Gasteiger partial charge in [-0.25, -0.2) is 0 Å². The molecule has 0 aliphatic rings. The minimum atomic E-state index is 0.0515. The molecule has 96 valence electrons. The van der Waals surface area contributed by atoms with Crippen LogP contribution in [0.1, 0.15) is 32.2 Å². The summed E-state index contributed by atoms with van der Waals surface area (Å²) in [7, 11) is 0. The molecule has 0 spiro atoms. The van der Waals surface area contributed by atoms with Crippen LogP contribution in [0, 0.1) is 0 Å². The van der Waals surface area contributed by atoms with Crippen molar-refractivity contribution in [1.82, 2.24) is 10.2 Å². The smallest absolute Gasteiger partial charge is 0.130 e. The van der Waals surface area contributed by atoms with Crippen LogP contribution in [0.15, 0.2) is 30.3 Å². The van der Waals surface area contributed by atoms with Gasteiger partial charge >= 0.3 is 0 Å². The number of rotatable bonds is 3. The van der Waals surface area contributed by atoms with Crippen molar-refractivity contribution in [1.29, 1.82) is 0 Å². The first-order valence-corrected chi connectivity index (χ1v) is 5.98. The maximum absolute atomic E-state index is 5.65. The van der Waals surface area contributed by atoms with Gasteiger partial charge in [-0.3, -0.25) is 5.10 Å². The first-order valence-electron chi connectivity index (χ1n) is 5.98. The van der Waals surface area contributed by atoms with Crippen LogP contribution in [-0.2, 0) is 12.0 Å². The van der Waals surface area contributed by atoms with Crippen LogP contribution in [0.5, 0.6) is 5.75 Å². The summed E-state index contributed by atoms with van der Waals surface area (Å²) in [6, 6.07) is 9.40. The van der Waals surface area contributed by atoms with Crippen molar-refractivity contribution in [2.45, 2.75) is 32.8 Å². The lowest BCUT2D eigenvalue weighted by Crippen LogP contribution is -2.11. The predicted octanol–water partition coefficient (Wildman–Crippen LogP) is 2.87. The highest BCUT2D eigenvalue weighted by molar-refractivity contribution is 5.41. The number of ether oxygens (including phenoxy) is 1. The number of hydrogen-bond donors (Lipinski definition) is 2. The molecule has 1 aromatic carbocycles. The van der Waals surface area contributed by atoms with Crippen LogP contribution < -0.4 is 10.5 Å². The molecule has 0 bridgehead atoms. The van der Waals surface area contributed by atoms with Gasteiger partial charge < -0.3 is 10.5 Å². The van der Waals surface area contributed by atoms with E-state index in [4.69, 9.17) is 10.5 Å². The molecule has 0 radical (unpaired) electrons. The minimum absolute atomic E-state index is 0.0515. The predicted molar refractivity (Wildman–Crippen MR) is 72.5 cm³/mol. The molecule has 3 N–H and O–H groups in total. The van der Waals surface area contributed by atoms with Crippen LogP contribution in [0.4, 0.5) is 5.69 Å². The number of nitrogens with zero attached hydrogens (tertiary/aromatic N) is 1. The molecule has 0 fully saturated rings. The van der Waals surface area contributed by atoms with Gasteiger partial charge in [-0.1, -0.05) is 20.8 Å². The highest BCUT2D eigenvalue weighted by Crippen LogP contribution is 2.21. The maximum Gasteiger partial charge on any atom is 0.130 e. The van der Waals surface area contributed by atoms with Gasteiger partial charge in [-0.15, -0.1) is 0 Å². The summed E-state index contributed by atoms with van der Waals surface area (Å²) in [5.41, 5.74) is 8.41. The molecule has 0 saturated carbocycles. The van der Waals surface area contributed by atoms with Crippen LogP contribution in [-0.4, -0.2) is 10.2 Å². The number of aromatic nitrogens is 2. The van der Waals surface area contributed by atoms with Gasteiger partial charge in [0, 0.05) is 11.1 Å². The van der Waals surface area contributed by atoms with Crippen molar-refractivity contribution in [3.63, 3.8) is 0 Å². The second-order valence-corrected chi connectivity index (χ2v) is 5.39. The maximum atomic E-state index is 5.65. The Kier molecular flexibility index (Phi) is 3.28. The van der Waals surface area contributed by atoms with E-state index >= 15 is 0 Å². The topological polar surface area (TPSA) is 63.9 Å². The lowest BCUT2D eigenvalue weighted by atomic mass is 9.92. The fourth-order valence-electron chi connectivity index (χ4n) is 1.54. The van der Waals surface area contributed by atoms with E-state index in [2.05, 4.69) is 31.0 Å². The van der Waals surface area contributed by atoms with E-state index in [0.29, 0.717) is 6.61 Å². The van der Waals surface area contributed by atoms with E-state index in [1.807, 2.05) is 30.3 Å². The Bertz CT molecular complexity index is 509. The first-order chi connectivity index (χ1) is 8.45. The average molecular weight is 245 g/mol. The van der Waals surface area contributed by atoms with Crippen LogP contribution >= 0.6 is 0 Å². The Labute approximate surface area is 107 Å². The summed E-state index contributed by atoms with van der Waals surface area (Å²) >= 11 is 0. The fraction of sp³-hybridized carbons (Fsp3) is 0.357. The lowest BCUT2D eigenvalue weighted by Gasteiger charge is -2.13. The molecule has 2 aromatic rings. The van der Waals surface area contributed by atoms with Gasteiger partial charge in [-0.2, -0.15) is 5.10 Å². The van der Waals surface area contributed by atoms with Gasteiger partial charge in [0.2, 0.25) is 0 Å². The molecule has 0 amide bonds. The normalized spacial score (nSPS) is 11.5. The third-order valence-corrected chi connectivity index (χ3v) is 2.67. The highest BCUT2D eigenvalue weighted by Gasteiger charge is 2.17. The number of hydrogen-bond acceptors (Lipinski definition) is 3. The Morgan fingerprint density at radius 3 is 2.44 bits per heavy atom. The monoisotopic (exact) mass is 245 g/mol. The van der Waals surface area contributed by atoms with Gasteiger partial charge in [0.1, 0.15) is 12.4 Å². The molecular weight excluding hydrogens is 226 g/mol. The number of aromatic amines is 1. The molecule has 1 aromatic heterocycles. The number of benzene rings is 1. The minimum Gasteiger partial charge on any atom is -0.487 e. The molecule has 4 heteroatoms. The molecule has 0 unspecified atom stereocenters. The summed E-state index contributed by atoms with van der Waals surface area (Å²) in [6.45, 7) is 6.88. The van der Waals surface area contributed by atoms with Gasteiger partial charge in [-0.05, 0) is 30.3 Å². The van der Waals surface area contributed by atoms with Crippen molar-refractivity contribution in [3.8, 4) is 5.75 Å². The summed E-state index contributed by atoms with van der Waals surface area (Å²) in [4.78, 5) is 0. The molecule has 0 aliphatic carbocycles. The zero-order chi connectivity index (χ0) is 13.2. The largest absolute Gasteiger partial charge is 0.487 e. The standard InChI is InChI=1S/C14H19N3O/c1-14(2,3)13-8-11(16-17-13)9-18-12-6-4-10(15)5-7-12/h4-8H,9,15H2,1-3H3,(H,16,17). The lowest BCUT2D eigenvalue weighted by molar-refractivity contribution is 0.301. The second-order valence-electron chi connectivity index (χ2n) is 5.39. The van der Waals surface area contributed by atoms with E-state index in [1.165, 1.54) is 0 Å². The van der Waals surface area contributed by atoms with E-state index in [9.17, 15) is 0 Å². The van der Waals surface area contributed by atoms with Crippen molar-refractivity contribution in [2.24, 2.45) is 0 Å². The van der Waals surface area contributed by atoms with E-state index in [-0.39, 0.29) is 5.41 Å². The second kappa shape index (κ2) is 4.72. The number of nitrogens with one attached hydrogen (secondary N) is 1. The number of nitrogen functional groups attached to an aromatic ring is 1. The fourth-order valence-corrected chi connectivity index (χ4v) is 1.54. The zero-order valence-electron chi connectivity index (χ0n) is 11.0. The van der Waals surface area contributed by atoms with Gasteiger partial charge in [0.25, 0.3) is 0 Å². The molecule has 0 atom stereocenters. The molecule has 0 saturated heterocycles. The van der Waals surface area contributed by atoms with E-state index < -0.39 is 0 Å². The summed E-state index contributed by atoms with van der Waals surface area (Å²) in [5.74, 6) is 0.802. The molecule has 0 aliphatic heterocycles. The summed E-state index contributed by atoms with van der Waals surface area (Å²) < 4.78 is 5.65. The Morgan fingerprint density at radius 1 is 1.22 bits per heavy atom. The third kappa shape index (κ3) is 3.03. The number of anilines is 1. The number of H-pyrrole nitrogens is 1. The number of nitrogens with two attached hydrogens (primary N) is 1. The van der Waals surface area contributed by atoms with Crippen LogP contribution in [0.2, 0.25) is 0 Å². The van der Waals surface area contributed by atoms with Crippen molar-refractivity contribution in [2.75, 3.05) is 5.73 Å². The van der Waals surface area contributed by atoms with Gasteiger partial charge in [0.05, 0.1) is 11.4 Å². The van der Waals surface area contributed by atoms with Crippen molar-refractivity contribution < 1.29 is 4.74 Å². The van der Waals surface area contributed by atoms with Crippen LogP contribution in [0.25, 0.3) is 0 Å². The first kappa shape index (κ1) is 12.5. The Balaban J connectivity index is 1.98. The SMILES string of the molecule is CC(C)(C)c1cc(COc2ccc(N)cc2)[nH]n1. The molecule has 2 rings (SSSR count). The van der Waals surface area contributed by atoms with E-state index in [1.54, 1.807) is 0 Å². The van der Waals surface area contributed by atoms with E-state index in [0.717, 1.165) is 22.8 Å². The molecular formula is C14H19N3O. The van der Waals surface area contributed by atoms with Crippen molar-refractivity contribution >= 4 is 5.69 Å². The molecule has 1 heterocycles. The van der Waals surface area contributed by atoms with Gasteiger partial charge in [0.15, 0.2) is 0 Å². The van der Waals surface area contributed by atoms with Crippen molar-refractivity contribution in [3.05, 3.63) is 41.7 Å². The summed E-state index contributed by atoms with van der Waals surface area (Å²) in [5, 5.41) is 7.28. The Morgan fingerprint density at radius 2 is 1.89 bits per heavy atom. The molecule has 18 heavy (non-hydrogen) atoms. The highest BCUT2D eigenvalue weighted by atomic mass is 16.5.